The molecule has 1 aromatic carbocycles. The molecular formula is C22H30FN3O3S. The average molecular weight is 436 g/mol. The quantitative estimate of drug-likeness (QED) is 0.773. The van der Waals surface area contributed by atoms with Gasteiger partial charge in [0.2, 0.25) is 5.91 Å². The molecule has 0 spiro atoms. The Morgan fingerprint density at radius 3 is 2.20 bits per heavy atom. The molecule has 0 radical (unpaired) electrons. The van der Waals surface area contributed by atoms with Crippen molar-refractivity contribution >= 4 is 16.1 Å². The highest BCUT2D eigenvalue weighted by atomic mass is 32.2. The molecule has 0 unspecified atom stereocenters. The van der Waals surface area contributed by atoms with Crippen molar-refractivity contribution < 1.29 is 17.6 Å². The van der Waals surface area contributed by atoms with E-state index in [0.717, 1.165) is 17.4 Å². The lowest BCUT2D eigenvalue weighted by molar-refractivity contribution is -0.125. The summed E-state index contributed by atoms with van der Waals surface area (Å²) in [6.07, 6.45) is 6.89. The van der Waals surface area contributed by atoms with E-state index in [-0.39, 0.29) is 30.9 Å². The van der Waals surface area contributed by atoms with Crippen LogP contribution in [0.25, 0.3) is 0 Å². The van der Waals surface area contributed by atoms with Crippen LogP contribution in [0.1, 0.15) is 44.1 Å². The number of rotatable bonds is 5. The van der Waals surface area contributed by atoms with Gasteiger partial charge in [-0.1, -0.05) is 12.1 Å². The highest BCUT2D eigenvalue weighted by Crippen LogP contribution is 2.53. The molecule has 0 atom stereocenters. The predicted molar refractivity (Wildman–Crippen MR) is 111 cm³/mol. The summed E-state index contributed by atoms with van der Waals surface area (Å²) in [5.74, 6) is 2.28. The number of halogens is 1. The van der Waals surface area contributed by atoms with Crippen molar-refractivity contribution in [1.29, 1.82) is 0 Å². The van der Waals surface area contributed by atoms with Crippen molar-refractivity contribution in [2.24, 2.45) is 23.7 Å². The smallest absolute Gasteiger partial charge is 0.282 e. The molecule has 0 aromatic heterocycles. The van der Waals surface area contributed by atoms with Gasteiger partial charge in [-0.3, -0.25) is 4.79 Å². The molecule has 4 bridgehead atoms. The maximum Gasteiger partial charge on any atom is 0.282 e. The molecule has 8 heteroatoms. The molecule has 1 saturated heterocycles. The summed E-state index contributed by atoms with van der Waals surface area (Å²) >= 11 is 0. The number of benzene rings is 1. The van der Waals surface area contributed by atoms with Gasteiger partial charge in [-0.05, 0) is 79.9 Å². The van der Waals surface area contributed by atoms with Gasteiger partial charge in [0.25, 0.3) is 10.2 Å². The van der Waals surface area contributed by atoms with E-state index in [1.54, 1.807) is 12.1 Å². The number of nitrogens with one attached hydrogen (secondary N) is 1. The van der Waals surface area contributed by atoms with Crippen molar-refractivity contribution in [3.8, 4) is 0 Å². The van der Waals surface area contributed by atoms with E-state index in [2.05, 4.69) is 5.32 Å². The van der Waals surface area contributed by atoms with Crippen LogP contribution < -0.4 is 5.32 Å². The maximum absolute atomic E-state index is 13.1. The Labute approximate surface area is 178 Å². The van der Waals surface area contributed by atoms with Gasteiger partial charge >= 0.3 is 0 Å². The minimum Gasteiger partial charge on any atom is -0.352 e. The second kappa shape index (κ2) is 7.88. The van der Waals surface area contributed by atoms with E-state index in [9.17, 15) is 17.6 Å². The lowest BCUT2D eigenvalue weighted by Crippen LogP contribution is -2.58. The molecule has 1 heterocycles. The van der Waals surface area contributed by atoms with Crippen molar-refractivity contribution in [2.45, 2.75) is 51.1 Å². The highest BCUT2D eigenvalue weighted by molar-refractivity contribution is 7.86. The van der Waals surface area contributed by atoms with E-state index in [1.807, 2.05) is 0 Å². The van der Waals surface area contributed by atoms with Crippen LogP contribution in [0.4, 0.5) is 4.39 Å². The third kappa shape index (κ3) is 3.89. The molecule has 1 amide bonds. The van der Waals surface area contributed by atoms with Crippen LogP contribution in [0.5, 0.6) is 0 Å². The normalized spacial score (nSPS) is 35.4. The fourth-order valence-corrected chi connectivity index (χ4v) is 8.12. The fourth-order valence-electron chi connectivity index (χ4n) is 6.48. The van der Waals surface area contributed by atoms with E-state index < -0.39 is 10.2 Å². The number of amides is 1. The van der Waals surface area contributed by atoms with Gasteiger partial charge in [-0.2, -0.15) is 17.0 Å². The van der Waals surface area contributed by atoms with Crippen molar-refractivity contribution in [3.05, 3.63) is 35.6 Å². The second-order valence-electron chi connectivity index (χ2n) is 9.68. The molecular weight excluding hydrogens is 405 g/mol. The Balaban J connectivity index is 1.22. The van der Waals surface area contributed by atoms with Gasteiger partial charge in [-0.25, -0.2) is 4.39 Å². The van der Waals surface area contributed by atoms with Gasteiger partial charge in [0.05, 0.1) is 6.54 Å². The molecule has 1 aliphatic heterocycles. The molecule has 1 aromatic rings. The molecule has 1 N–H and O–H groups in total. The van der Waals surface area contributed by atoms with Gasteiger partial charge in [-0.15, -0.1) is 0 Å². The SMILES string of the molecule is O=C(CN1CCCN(Cc2ccc(F)cc2)S1(=O)=O)NC1C2CC3CC(C2)CC1C3. The first-order chi connectivity index (χ1) is 14.4. The third-order valence-corrected chi connectivity index (χ3v) is 9.54. The standard InChI is InChI=1S/C22H30FN3O3S/c23-20-4-2-15(3-5-20)13-25-6-1-7-26(30(25,28)29)14-21(27)24-22-18-9-16-8-17(11-18)12-19(22)10-16/h2-5,16-19,22H,1,6-14H2,(H,24,27). The molecule has 5 aliphatic rings. The Bertz CT molecular complexity index is 877. The van der Waals surface area contributed by atoms with E-state index in [0.29, 0.717) is 31.3 Å². The molecule has 6 nitrogen and oxygen atoms in total. The van der Waals surface area contributed by atoms with Crippen molar-refractivity contribution in [2.75, 3.05) is 19.6 Å². The maximum atomic E-state index is 13.1. The zero-order valence-electron chi connectivity index (χ0n) is 17.2. The van der Waals surface area contributed by atoms with Crippen LogP contribution in [0.3, 0.4) is 0 Å². The zero-order valence-corrected chi connectivity index (χ0v) is 18.0. The molecule has 5 fully saturated rings. The van der Waals surface area contributed by atoms with Crippen LogP contribution in [0, 0.1) is 29.5 Å². The van der Waals surface area contributed by atoms with Crippen LogP contribution >= 0.6 is 0 Å². The number of carbonyl (C=O) groups is 1. The molecule has 4 saturated carbocycles. The topological polar surface area (TPSA) is 69.7 Å². The Kier molecular flexibility index (Phi) is 5.35. The minimum absolute atomic E-state index is 0.120. The summed E-state index contributed by atoms with van der Waals surface area (Å²) in [5.41, 5.74) is 0.736. The summed E-state index contributed by atoms with van der Waals surface area (Å²) in [6, 6.07) is 6.09. The second-order valence-corrected chi connectivity index (χ2v) is 11.6. The van der Waals surface area contributed by atoms with Gasteiger partial charge in [0, 0.05) is 25.7 Å². The predicted octanol–water partition coefficient (Wildman–Crippen LogP) is 2.52. The van der Waals surface area contributed by atoms with Crippen LogP contribution in [0.2, 0.25) is 0 Å². The third-order valence-electron chi connectivity index (χ3n) is 7.61. The van der Waals surface area contributed by atoms with Crippen LogP contribution in [0.15, 0.2) is 24.3 Å². The molecule has 6 rings (SSSR count). The van der Waals surface area contributed by atoms with Crippen LogP contribution in [-0.2, 0) is 21.5 Å². The Morgan fingerprint density at radius 2 is 1.57 bits per heavy atom. The van der Waals surface area contributed by atoms with Crippen molar-refractivity contribution in [1.82, 2.24) is 13.9 Å². The van der Waals surface area contributed by atoms with E-state index in [4.69, 9.17) is 0 Å². The highest BCUT2D eigenvalue weighted by Gasteiger charge is 2.48. The summed E-state index contributed by atoms with van der Waals surface area (Å²) in [4.78, 5) is 12.8. The molecule has 164 valence electrons. The number of hydrogen-bond donors (Lipinski definition) is 1. The lowest BCUT2D eigenvalue weighted by Gasteiger charge is -2.54. The first-order valence-electron chi connectivity index (χ1n) is 11.2. The summed E-state index contributed by atoms with van der Waals surface area (Å²) in [5, 5.41) is 3.21. The first-order valence-corrected chi connectivity index (χ1v) is 12.6. The average Bonchev–Trinajstić information content (AvgIpc) is 2.69. The van der Waals surface area contributed by atoms with E-state index in [1.165, 1.54) is 52.8 Å². The summed E-state index contributed by atoms with van der Waals surface area (Å²) in [6.45, 7) is 0.839. The Morgan fingerprint density at radius 1 is 0.967 bits per heavy atom. The lowest BCUT2D eigenvalue weighted by atomic mass is 9.54. The van der Waals surface area contributed by atoms with Gasteiger partial charge in [0.15, 0.2) is 0 Å². The van der Waals surface area contributed by atoms with Gasteiger partial charge in [0.1, 0.15) is 5.82 Å². The van der Waals surface area contributed by atoms with Crippen LogP contribution in [-0.4, -0.2) is 48.6 Å². The van der Waals surface area contributed by atoms with Crippen molar-refractivity contribution in [3.63, 3.8) is 0 Å². The Hall–Kier alpha value is -1.51. The molecule has 4 aliphatic carbocycles. The van der Waals surface area contributed by atoms with E-state index >= 15 is 0 Å². The summed E-state index contributed by atoms with van der Waals surface area (Å²) in [7, 11) is -3.72. The first kappa shape index (κ1) is 20.4. The number of hydrogen-bond acceptors (Lipinski definition) is 3. The zero-order chi connectivity index (χ0) is 20.9. The monoisotopic (exact) mass is 435 g/mol. The number of carbonyl (C=O) groups excluding carboxylic acids is 1. The number of nitrogens with zero attached hydrogens (tertiary/aromatic N) is 2. The largest absolute Gasteiger partial charge is 0.352 e. The fraction of sp³-hybridized carbons (Fsp3) is 0.682. The van der Waals surface area contributed by atoms with Gasteiger partial charge < -0.3 is 5.32 Å². The minimum atomic E-state index is -3.72. The molecule has 30 heavy (non-hydrogen) atoms. The summed E-state index contributed by atoms with van der Waals surface area (Å²) < 4.78 is 41.9.